The van der Waals surface area contributed by atoms with Crippen molar-refractivity contribution in [2.45, 2.75) is 111 Å². The topological polar surface area (TPSA) is 112 Å². The average Bonchev–Trinajstić information content (AvgIpc) is 3.54. The Bertz CT molecular complexity index is 1420. The van der Waals surface area contributed by atoms with E-state index < -0.39 is 18.6 Å². The molecule has 0 spiro atoms. The number of aromatic nitrogens is 2. The van der Waals surface area contributed by atoms with Gasteiger partial charge in [-0.05, 0) is 80.8 Å². The van der Waals surface area contributed by atoms with E-state index >= 15 is 0 Å². The molecule has 2 amide bonds. The monoisotopic (exact) mass is 632 g/mol. The number of carbonyl (C=O) groups is 3. The van der Waals surface area contributed by atoms with E-state index in [0.29, 0.717) is 29.5 Å². The van der Waals surface area contributed by atoms with Gasteiger partial charge in [0.15, 0.2) is 5.78 Å². The molecule has 6 rings (SSSR count). The third kappa shape index (κ3) is 6.98. The zero-order chi connectivity index (χ0) is 33.4. The Morgan fingerprint density at radius 1 is 1.13 bits per heavy atom. The quantitative estimate of drug-likeness (QED) is 0.211. The van der Waals surface area contributed by atoms with Crippen molar-refractivity contribution in [2.24, 2.45) is 36.1 Å². The maximum absolute atomic E-state index is 14.1. The molecule has 2 N–H and O–H groups in total. The number of hydrogen-bond acceptors (Lipinski definition) is 6. The first-order chi connectivity index (χ1) is 21.7. The minimum atomic E-state index is -0.786. The highest BCUT2D eigenvalue weighted by Gasteiger charge is 2.68. The summed E-state index contributed by atoms with van der Waals surface area (Å²) in [5, 5.41) is 10.4. The molecule has 10 heteroatoms. The molecule has 0 unspecified atom stereocenters. The molecule has 6 atom stereocenters. The van der Waals surface area contributed by atoms with E-state index in [9.17, 15) is 14.4 Å². The molecule has 9 nitrogen and oxygen atoms in total. The highest BCUT2D eigenvalue weighted by molar-refractivity contribution is 6.47. The van der Waals surface area contributed by atoms with Crippen LogP contribution in [0, 0.1) is 36.0 Å². The molecule has 3 aliphatic carbocycles. The molecule has 0 radical (unpaired) electrons. The summed E-state index contributed by atoms with van der Waals surface area (Å²) in [6, 6.07) is 9.37. The molecule has 46 heavy (non-hydrogen) atoms. The van der Waals surface area contributed by atoms with E-state index in [-0.39, 0.29) is 53.9 Å². The van der Waals surface area contributed by atoms with E-state index in [1.165, 1.54) is 10.2 Å². The molecule has 2 heterocycles. The van der Waals surface area contributed by atoms with Gasteiger partial charge in [0.1, 0.15) is 5.69 Å². The molecule has 4 fully saturated rings. The average molecular weight is 633 g/mol. The van der Waals surface area contributed by atoms with Gasteiger partial charge in [0.25, 0.3) is 5.91 Å². The van der Waals surface area contributed by atoms with Gasteiger partial charge in [-0.2, -0.15) is 5.10 Å². The third-order valence-corrected chi connectivity index (χ3v) is 11.0. The minimum Gasteiger partial charge on any atom is -0.404 e. The lowest BCUT2D eigenvalue weighted by Crippen LogP contribution is -2.65. The third-order valence-electron chi connectivity index (χ3n) is 11.0. The summed E-state index contributed by atoms with van der Waals surface area (Å²) in [7, 11) is 1.14. The fourth-order valence-corrected chi connectivity index (χ4v) is 8.08. The van der Waals surface area contributed by atoms with Gasteiger partial charge in [-0.1, -0.05) is 65.3 Å². The Balaban J connectivity index is 1.32. The largest absolute Gasteiger partial charge is 0.481 e. The number of unbranched alkanes of at least 4 members (excludes halogenated alkanes) is 1. The molecule has 3 saturated carbocycles. The summed E-state index contributed by atoms with van der Waals surface area (Å²) in [5.74, 6) is -0.635. The van der Waals surface area contributed by atoms with Gasteiger partial charge in [-0.3, -0.25) is 19.1 Å². The smallest absolute Gasteiger partial charge is 0.404 e. The number of nitrogens with zero attached hydrogens (tertiary/aromatic N) is 2. The predicted octanol–water partition coefficient (Wildman–Crippen LogP) is 5.49. The van der Waals surface area contributed by atoms with Gasteiger partial charge in [-0.15, -0.1) is 0 Å². The van der Waals surface area contributed by atoms with Crippen molar-refractivity contribution in [3.05, 3.63) is 52.8 Å². The van der Waals surface area contributed by atoms with Gasteiger partial charge in [-0.25, -0.2) is 0 Å². The standard InChI is InChI=1S/C36H53BN4O5/c1-9-10-11-24-12-14-25(15-13-24)29(42)18-26(21-38-34(44)28-17-23(4)40-41(28)8)33(43)39-32(16-22(2)3)37-45-31-20-27-19-30(35(27,5)6)36(31,7)46-37/h12-15,17,22,26-27,30-32H,9-11,16,18-21H2,1-8H3,(H,38,44)(H,39,43)/t26-,27+,30+,31+,32-,36-/m0/s1. The normalized spacial score (nSPS) is 25.8. The van der Waals surface area contributed by atoms with Crippen molar-refractivity contribution in [1.29, 1.82) is 0 Å². The molecule has 1 saturated heterocycles. The number of Topliss-reactive ketones (excluding diaryl/α,β-unsaturated/α-hetero) is 1. The van der Waals surface area contributed by atoms with Gasteiger partial charge in [0, 0.05) is 25.6 Å². The maximum atomic E-state index is 14.1. The molecule has 250 valence electrons. The second-order valence-electron chi connectivity index (χ2n) is 15.2. The SMILES string of the molecule is CCCCc1ccc(C(=O)C[C@@H](CNC(=O)c2cc(C)nn2C)C(=O)N[C@@H](CC(C)C)B2O[C@@H]3C[C@H]4C[C@H](C4(C)C)[C@]3(C)O2)cc1. The predicted molar refractivity (Wildman–Crippen MR) is 179 cm³/mol. The molecule has 2 aromatic rings. The van der Waals surface area contributed by atoms with Gasteiger partial charge >= 0.3 is 7.12 Å². The van der Waals surface area contributed by atoms with Crippen LogP contribution in [0.25, 0.3) is 0 Å². The summed E-state index contributed by atoms with van der Waals surface area (Å²) >= 11 is 0. The molecule has 1 aromatic carbocycles. The molecule has 1 aromatic heterocycles. The Morgan fingerprint density at radius 3 is 2.46 bits per heavy atom. The van der Waals surface area contributed by atoms with Crippen LogP contribution in [0.15, 0.2) is 30.3 Å². The number of nitrogens with one attached hydrogen (secondary N) is 2. The Kier molecular flexibility index (Phi) is 10.2. The van der Waals surface area contributed by atoms with Crippen LogP contribution in [0.2, 0.25) is 0 Å². The van der Waals surface area contributed by atoms with Crippen LogP contribution in [-0.4, -0.2) is 58.7 Å². The fraction of sp³-hybridized carbons (Fsp3) is 0.667. The first kappa shape index (κ1) is 34.4. The van der Waals surface area contributed by atoms with E-state index in [1.807, 2.05) is 31.2 Å². The van der Waals surface area contributed by atoms with Gasteiger partial charge in [0.2, 0.25) is 5.91 Å². The second-order valence-corrected chi connectivity index (χ2v) is 15.2. The van der Waals surface area contributed by atoms with Crippen molar-refractivity contribution in [1.82, 2.24) is 20.4 Å². The molecule has 2 bridgehead atoms. The Morgan fingerprint density at radius 2 is 1.85 bits per heavy atom. The number of aryl methyl sites for hydroxylation is 3. The Labute approximate surface area is 275 Å². The van der Waals surface area contributed by atoms with Crippen molar-refractivity contribution < 1.29 is 23.7 Å². The lowest BCUT2D eigenvalue weighted by molar-refractivity contribution is -0.199. The van der Waals surface area contributed by atoms with E-state index in [0.717, 1.165) is 37.8 Å². The van der Waals surface area contributed by atoms with Crippen LogP contribution in [-0.2, 0) is 27.6 Å². The van der Waals surface area contributed by atoms with Crippen molar-refractivity contribution in [3.63, 3.8) is 0 Å². The lowest BCUT2D eigenvalue weighted by atomic mass is 9.43. The summed E-state index contributed by atoms with van der Waals surface area (Å²) in [6.45, 7) is 15.1. The molecule has 1 aliphatic heterocycles. The van der Waals surface area contributed by atoms with Crippen LogP contribution >= 0.6 is 0 Å². The van der Waals surface area contributed by atoms with Gasteiger partial charge < -0.3 is 19.9 Å². The first-order valence-electron chi connectivity index (χ1n) is 17.3. The zero-order valence-corrected chi connectivity index (χ0v) is 29.0. The molecule has 4 aliphatic rings. The maximum Gasteiger partial charge on any atom is 0.481 e. The zero-order valence-electron chi connectivity index (χ0n) is 29.0. The van der Waals surface area contributed by atoms with Crippen LogP contribution in [0.3, 0.4) is 0 Å². The summed E-state index contributed by atoms with van der Waals surface area (Å²) in [5.41, 5.74) is 2.69. The van der Waals surface area contributed by atoms with Crippen molar-refractivity contribution in [2.75, 3.05) is 6.54 Å². The summed E-state index contributed by atoms with van der Waals surface area (Å²) < 4.78 is 14.9. The first-order valence-corrected chi connectivity index (χ1v) is 17.3. The fourth-order valence-electron chi connectivity index (χ4n) is 8.08. The van der Waals surface area contributed by atoms with Crippen molar-refractivity contribution in [3.8, 4) is 0 Å². The Hall–Kier alpha value is -2.98. The number of ketones is 1. The van der Waals surface area contributed by atoms with E-state index in [1.54, 1.807) is 13.1 Å². The van der Waals surface area contributed by atoms with Crippen LogP contribution < -0.4 is 10.6 Å². The van der Waals surface area contributed by atoms with Crippen LogP contribution in [0.1, 0.15) is 112 Å². The highest BCUT2D eigenvalue weighted by atomic mass is 16.7. The summed E-state index contributed by atoms with van der Waals surface area (Å²) in [6.07, 6.45) is 5.91. The number of hydrogen-bond donors (Lipinski definition) is 2. The number of carbonyl (C=O) groups excluding carboxylic acids is 3. The summed E-state index contributed by atoms with van der Waals surface area (Å²) in [4.78, 5) is 40.7. The van der Waals surface area contributed by atoms with Gasteiger partial charge in [0.05, 0.1) is 29.3 Å². The molecular weight excluding hydrogens is 579 g/mol. The van der Waals surface area contributed by atoms with E-state index in [4.69, 9.17) is 9.31 Å². The lowest BCUT2D eigenvalue weighted by Gasteiger charge is -2.64. The second kappa shape index (κ2) is 13.6. The van der Waals surface area contributed by atoms with Crippen molar-refractivity contribution >= 4 is 24.7 Å². The molecular formula is C36H53BN4O5. The minimum absolute atomic E-state index is 0.000141. The van der Waals surface area contributed by atoms with Crippen LogP contribution in [0.5, 0.6) is 0 Å². The number of benzene rings is 1. The van der Waals surface area contributed by atoms with Crippen LogP contribution in [0.4, 0.5) is 0 Å². The van der Waals surface area contributed by atoms with E-state index in [2.05, 4.69) is 57.3 Å². The highest BCUT2D eigenvalue weighted by Crippen LogP contribution is 2.65. The number of amides is 2. The number of rotatable bonds is 14.